The van der Waals surface area contributed by atoms with Gasteiger partial charge in [0, 0.05) is 17.4 Å². The molecule has 2 aliphatic heterocycles. The average molecular weight is 300 g/mol. The first-order chi connectivity index (χ1) is 9.70. The largest absolute Gasteiger partial charge is 0.466 e. The second-order valence-corrected chi connectivity index (χ2v) is 6.71. The van der Waals surface area contributed by atoms with E-state index >= 15 is 0 Å². The van der Waals surface area contributed by atoms with Gasteiger partial charge >= 0.3 is 12.0 Å². The molecule has 2 rings (SSSR count). The van der Waals surface area contributed by atoms with Crippen LogP contribution in [0, 0.1) is 0 Å². The van der Waals surface area contributed by atoms with Crippen molar-refractivity contribution in [2.45, 2.75) is 62.8 Å². The minimum Gasteiger partial charge on any atom is -0.466 e. The van der Waals surface area contributed by atoms with Crippen molar-refractivity contribution in [2.24, 2.45) is 0 Å². The zero-order valence-corrected chi connectivity index (χ0v) is 12.8. The number of nitrogens with one attached hydrogen (secondary N) is 2. The molecular formula is C14H24N2O3S. The molecule has 3 atom stereocenters. The Hall–Kier alpha value is -0.910. The molecule has 2 amide bonds. The summed E-state index contributed by atoms with van der Waals surface area (Å²) in [7, 11) is 0. The van der Waals surface area contributed by atoms with Gasteiger partial charge in [0.2, 0.25) is 0 Å². The highest BCUT2D eigenvalue weighted by Gasteiger charge is 2.42. The summed E-state index contributed by atoms with van der Waals surface area (Å²) >= 11 is 1.92. The lowest BCUT2D eigenvalue weighted by Crippen LogP contribution is -2.36. The van der Waals surface area contributed by atoms with Crippen LogP contribution in [0.4, 0.5) is 4.79 Å². The van der Waals surface area contributed by atoms with E-state index in [1.165, 1.54) is 0 Å². The van der Waals surface area contributed by atoms with Gasteiger partial charge in [-0.25, -0.2) is 4.79 Å². The van der Waals surface area contributed by atoms with Crippen molar-refractivity contribution in [1.29, 1.82) is 0 Å². The van der Waals surface area contributed by atoms with E-state index in [2.05, 4.69) is 17.6 Å². The van der Waals surface area contributed by atoms with E-state index in [9.17, 15) is 9.59 Å². The van der Waals surface area contributed by atoms with Gasteiger partial charge in [-0.05, 0) is 19.3 Å². The molecule has 2 saturated heterocycles. The highest BCUT2D eigenvalue weighted by atomic mass is 32.2. The Balaban J connectivity index is 1.55. The Bertz CT molecular complexity index is 351. The molecule has 0 radical (unpaired) electrons. The summed E-state index contributed by atoms with van der Waals surface area (Å²) in [6.45, 7) is 2.63. The number of thioether (sulfide) groups is 1. The summed E-state index contributed by atoms with van der Waals surface area (Å²) in [5.74, 6) is 0.916. The molecule has 0 aromatic carbocycles. The van der Waals surface area contributed by atoms with Crippen LogP contribution in [0.25, 0.3) is 0 Å². The molecular weight excluding hydrogens is 276 g/mol. The smallest absolute Gasteiger partial charge is 0.315 e. The summed E-state index contributed by atoms with van der Waals surface area (Å²) < 4.78 is 5.13. The zero-order chi connectivity index (χ0) is 14.4. The Kier molecular flexibility index (Phi) is 6.01. The van der Waals surface area contributed by atoms with Crippen molar-refractivity contribution in [1.82, 2.24) is 10.6 Å². The number of unbranched alkanes of at least 4 members (excludes halogenated alkanes) is 2. The first-order valence-corrected chi connectivity index (χ1v) is 8.60. The second kappa shape index (κ2) is 7.76. The van der Waals surface area contributed by atoms with E-state index in [4.69, 9.17) is 4.74 Å². The first kappa shape index (κ1) is 15.5. The van der Waals surface area contributed by atoms with Crippen LogP contribution in [0.5, 0.6) is 0 Å². The summed E-state index contributed by atoms with van der Waals surface area (Å²) in [5, 5.41) is 6.41. The molecule has 5 nitrogen and oxygen atoms in total. The van der Waals surface area contributed by atoms with Crippen LogP contribution in [0.15, 0.2) is 0 Å². The van der Waals surface area contributed by atoms with Crippen molar-refractivity contribution >= 4 is 23.8 Å². The van der Waals surface area contributed by atoms with Crippen LogP contribution < -0.4 is 10.6 Å². The molecule has 2 fully saturated rings. The van der Waals surface area contributed by atoms with Gasteiger partial charge in [-0.3, -0.25) is 4.79 Å². The van der Waals surface area contributed by atoms with Crippen LogP contribution in [-0.2, 0) is 9.53 Å². The SMILES string of the molecule is CCCCOC(=O)CCCCC1SCC2NC(=O)NC21. The lowest BCUT2D eigenvalue weighted by Gasteiger charge is -2.16. The van der Waals surface area contributed by atoms with E-state index < -0.39 is 0 Å². The van der Waals surface area contributed by atoms with Gasteiger partial charge in [0.1, 0.15) is 0 Å². The van der Waals surface area contributed by atoms with Crippen LogP contribution in [0.1, 0.15) is 45.4 Å². The second-order valence-electron chi connectivity index (χ2n) is 5.44. The van der Waals surface area contributed by atoms with Crippen molar-refractivity contribution < 1.29 is 14.3 Å². The minimum atomic E-state index is -0.0776. The number of hydrogen-bond acceptors (Lipinski definition) is 4. The Morgan fingerprint density at radius 2 is 2.20 bits per heavy atom. The van der Waals surface area contributed by atoms with Crippen molar-refractivity contribution in [3.8, 4) is 0 Å². The molecule has 0 aliphatic carbocycles. The monoisotopic (exact) mass is 300 g/mol. The van der Waals surface area contributed by atoms with Crippen LogP contribution in [-0.4, -0.2) is 41.7 Å². The van der Waals surface area contributed by atoms with Crippen LogP contribution in [0.3, 0.4) is 0 Å². The van der Waals surface area contributed by atoms with Crippen molar-refractivity contribution in [2.75, 3.05) is 12.4 Å². The lowest BCUT2D eigenvalue weighted by molar-refractivity contribution is -0.143. The van der Waals surface area contributed by atoms with E-state index in [0.29, 0.717) is 18.3 Å². The topological polar surface area (TPSA) is 67.4 Å². The van der Waals surface area contributed by atoms with Gasteiger partial charge in [0.05, 0.1) is 18.7 Å². The Morgan fingerprint density at radius 1 is 1.35 bits per heavy atom. The zero-order valence-electron chi connectivity index (χ0n) is 12.0. The molecule has 3 unspecified atom stereocenters. The maximum Gasteiger partial charge on any atom is 0.315 e. The maximum absolute atomic E-state index is 11.4. The van der Waals surface area contributed by atoms with E-state index in [0.717, 1.165) is 37.9 Å². The Morgan fingerprint density at radius 3 is 3.00 bits per heavy atom. The first-order valence-electron chi connectivity index (χ1n) is 7.55. The number of carbonyl (C=O) groups is 2. The third-order valence-corrected chi connectivity index (χ3v) is 5.33. The fourth-order valence-corrected chi connectivity index (χ4v) is 4.20. The predicted octanol–water partition coefficient (Wildman–Crippen LogP) is 2.06. The molecule has 114 valence electrons. The molecule has 2 N–H and O–H groups in total. The number of urea groups is 1. The number of carbonyl (C=O) groups excluding carboxylic acids is 2. The molecule has 2 heterocycles. The Labute approximate surface area is 124 Å². The fraction of sp³-hybridized carbons (Fsp3) is 0.857. The van der Waals surface area contributed by atoms with Crippen molar-refractivity contribution in [3.63, 3.8) is 0 Å². The van der Waals surface area contributed by atoms with Gasteiger partial charge in [0.25, 0.3) is 0 Å². The number of amides is 2. The molecule has 6 heteroatoms. The molecule has 2 aliphatic rings. The third-order valence-electron chi connectivity index (χ3n) is 3.82. The van der Waals surface area contributed by atoms with Crippen LogP contribution in [0.2, 0.25) is 0 Å². The van der Waals surface area contributed by atoms with E-state index in [1.54, 1.807) is 0 Å². The fourth-order valence-electron chi connectivity index (χ4n) is 2.66. The number of hydrogen-bond donors (Lipinski definition) is 2. The predicted molar refractivity (Wildman–Crippen MR) is 79.8 cm³/mol. The minimum absolute atomic E-state index is 0.0372. The molecule has 0 aromatic rings. The summed E-state index contributed by atoms with van der Waals surface area (Å²) in [6.07, 6.45) is 5.45. The molecule has 20 heavy (non-hydrogen) atoms. The van der Waals surface area contributed by atoms with Gasteiger partial charge in [-0.15, -0.1) is 0 Å². The highest BCUT2D eigenvalue weighted by Crippen LogP contribution is 2.33. The van der Waals surface area contributed by atoms with Gasteiger partial charge in [-0.2, -0.15) is 11.8 Å². The van der Waals surface area contributed by atoms with Crippen LogP contribution >= 0.6 is 11.8 Å². The number of rotatable bonds is 8. The maximum atomic E-state index is 11.4. The standard InChI is InChI=1S/C14H24N2O3S/c1-2-3-8-19-12(17)7-5-4-6-11-13-10(9-20-11)15-14(18)16-13/h10-11,13H,2-9H2,1H3,(H2,15,16,18). The number of ether oxygens (including phenoxy) is 1. The normalized spacial score (nSPS) is 27.9. The third kappa shape index (κ3) is 4.30. The number of fused-ring (bicyclic) bond motifs is 1. The average Bonchev–Trinajstić information content (AvgIpc) is 2.95. The van der Waals surface area contributed by atoms with Gasteiger partial charge in [-0.1, -0.05) is 19.8 Å². The van der Waals surface area contributed by atoms with Crippen molar-refractivity contribution in [3.05, 3.63) is 0 Å². The molecule has 0 bridgehead atoms. The van der Waals surface area contributed by atoms with Gasteiger partial charge in [0.15, 0.2) is 0 Å². The number of esters is 1. The lowest BCUT2D eigenvalue weighted by atomic mass is 10.0. The van der Waals surface area contributed by atoms with E-state index in [1.807, 2.05) is 11.8 Å². The molecule has 0 spiro atoms. The summed E-state index contributed by atoms with van der Waals surface area (Å²) in [6, 6.07) is 0.519. The van der Waals surface area contributed by atoms with Gasteiger partial charge < -0.3 is 15.4 Å². The quantitative estimate of drug-likeness (QED) is 0.409. The molecule has 0 saturated carbocycles. The summed E-state index contributed by atoms with van der Waals surface area (Å²) in [4.78, 5) is 22.7. The van der Waals surface area contributed by atoms with E-state index in [-0.39, 0.29) is 24.1 Å². The molecule has 0 aromatic heterocycles. The highest BCUT2D eigenvalue weighted by molar-refractivity contribution is 8.00. The summed E-state index contributed by atoms with van der Waals surface area (Å²) in [5.41, 5.74) is 0.